The lowest BCUT2D eigenvalue weighted by Crippen LogP contribution is -2.54. The number of piperazine rings is 1. The van der Waals surface area contributed by atoms with E-state index in [1.807, 2.05) is 17.9 Å². The van der Waals surface area contributed by atoms with Crippen molar-refractivity contribution in [2.24, 2.45) is 0 Å². The van der Waals surface area contributed by atoms with E-state index in [0.29, 0.717) is 28.9 Å². The molecule has 1 saturated heterocycles. The van der Waals surface area contributed by atoms with Gasteiger partial charge in [0.15, 0.2) is 11.5 Å². The molecule has 164 valence electrons. The van der Waals surface area contributed by atoms with E-state index in [9.17, 15) is 8.42 Å². The summed E-state index contributed by atoms with van der Waals surface area (Å²) in [6, 6.07) is 6.01. The van der Waals surface area contributed by atoms with Gasteiger partial charge in [0.25, 0.3) is 0 Å². The van der Waals surface area contributed by atoms with Crippen LogP contribution in [0.4, 0.5) is 5.69 Å². The van der Waals surface area contributed by atoms with Gasteiger partial charge in [0.2, 0.25) is 10.0 Å². The van der Waals surface area contributed by atoms with Gasteiger partial charge in [0, 0.05) is 25.7 Å². The van der Waals surface area contributed by atoms with Crippen LogP contribution >= 0.6 is 46.4 Å². The molecule has 0 aliphatic carbocycles. The fourth-order valence-electron chi connectivity index (χ4n) is 3.52. The molecular weight excluding hydrogens is 494 g/mol. The molecule has 30 heavy (non-hydrogen) atoms. The average Bonchev–Trinajstić information content (AvgIpc) is 2.71. The molecule has 1 aliphatic heterocycles. The Labute approximate surface area is 196 Å². The van der Waals surface area contributed by atoms with Crippen LogP contribution in [0.15, 0.2) is 29.2 Å². The predicted octanol–water partition coefficient (Wildman–Crippen LogP) is 5.22. The Hall–Kier alpha value is -1.09. The van der Waals surface area contributed by atoms with Gasteiger partial charge in [-0.25, -0.2) is 8.42 Å². The Morgan fingerprint density at radius 1 is 0.900 bits per heavy atom. The second-order valence-corrected chi connectivity index (χ2v) is 10.1. The summed E-state index contributed by atoms with van der Waals surface area (Å²) in [6.45, 7) is 2.94. The molecule has 0 radical (unpaired) electrons. The first-order valence-corrected chi connectivity index (χ1v) is 11.9. The number of nitrogens with zero attached hydrogens (tertiary/aromatic N) is 2. The molecule has 1 heterocycles. The van der Waals surface area contributed by atoms with E-state index in [1.165, 1.54) is 30.7 Å². The van der Waals surface area contributed by atoms with Gasteiger partial charge in [-0.05, 0) is 31.2 Å². The zero-order valence-corrected chi connectivity index (χ0v) is 20.3. The molecule has 11 heteroatoms. The Morgan fingerprint density at radius 2 is 1.47 bits per heavy atom. The van der Waals surface area contributed by atoms with Crippen LogP contribution in [0.25, 0.3) is 0 Å². The standard InChI is InChI=1S/C19H20Cl4N2O4S/c1-11-10-24(14-6-4-12(20)16(22)18(14)28-2)8-9-25(11)30(26,27)15-7-5-13(21)17(23)19(15)29-3/h4-7,11H,8-10H2,1-3H3. The number of halogens is 4. The van der Waals surface area contributed by atoms with Crippen LogP contribution in [-0.4, -0.2) is 52.6 Å². The summed E-state index contributed by atoms with van der Waals surface area (Å²) < 4.78 is 38.8. The fraction of sp³-hybridized carbons (Fsp3) is 0.368. The van der Waals surface area contributed by atoms with Crippen LogP contribution in [0.5, 0.6) is 11.5 Å². The molecule has 0 amide bonds. The van der Waals surface area contributed by atoms with E-state index >= 15 is 0 Å². The zero-order chi connectivity index (χ0) is 22.2. The Kier molecular flexibility index (Phi) is 7.22. The largest absolute Gasteiger partial charge is 0.494 e. The number of methoxy groups -OCH3 is 2. The zero-order valence-electron chi connectivity index (χ0n) is 16.5. The third kappa shape index (κ3) is 4.16. The highest BCUT2D eigenvalue weighted by Gasteiger charge is 2.37. The lowest BCUT2D eigenvalue weighted by Gasteiger charge is -2.40. The van der Waals surface area contributed by atoms with Crippen molar-refractivity contribution in [2.45, 2.75) is 17.9 Å². The highest BCUT2D eigenvalue weighted by atomic mass is 35.5. The smallest absolute Gasteiger partial charge is 0.247 e. The number of hydrogen-bond acceptors (Lipinski definition) is 5. The molecule has 2 aromatic rings. The van der Waals surface area contributed by atoms with E-state index in [-0.39, 0.29) is 33.3 Å². The van der Waals surface area contributed by atoms with Crippen molar-refractivity contribution in [3.05, 3.63) is 44.4 Å². The summed E-state index contributed by atoms with van der Waals surface area (Å²) in [4.78, 5) is 2.00. The fourth-order valence-corrected chi connectivity index (χ4v) is 6.12. The van der Waals surface area contributed by atoms with Crippen LogP contribution in [-0.2, 0) is 10.0 Å². The van der Waals surface area contributed by atoms with Gasteiger partial charge >= 0.3 is 0 Å². The van der Waals surface area contributed by atoms with E-state index in [0.717, 1.165) is 5.69 Å². The summed E-state index contributed by atoms with van der Waals surface area (Å²) >= 11 is 24.5. The third-order valence-corrected chi connectivity index (χ3v) is 8.56. The molecule has 0 spiro atoms. The normalized spacial score (nSPS) is 17.8. The molecule has 1 unspecified atom stereocenters. The maximum absolute atomic E-state index is 13.4. The third-order valence-electron chi connectivity index (χ3n) is 4.95. The summed E-state index contributed by atoms with van der Waals surface area (Å²) in [7, 11) is -0.998. The van der Waals surface area contributed by atoms with Crippen molar-refractivity contribution in [1.29, 1.82) is 0 Å². The first kappa shape index (κ1) is 23.6. The van der Waals surface area contributed by atoms with Crippen LogP contribution in [0.1, 0.15) is 6.92 Å². The lowest BCUT2D eigenvalue weighted by molar-refractivity contribution is 0.303. The topological polar surface area (TPSA) is 59.1 Å². The SMILES string of the molecule is COc1c(N2CCN(S(=O)(=O)c3ccc(Cl)c(Cl)c3OC)C(C)C2)ccc(Cl)c1Cl. The van der Waals surface area contributed by atoms with E-state index < -0.39 is 10.0 Å². The minimum atomic E-state index is -3.87. The van der Waals surface area contributed by atoms with E-state index in [2.05, 4.69) is 0 Å². The first-order chi connectivity index (χ1) is 14.1. The Balaban J connectivity index is 1.91. The monoisotopic (exact) mass is 512 g/mol. The molecule has 0 bridgehead atoms. The number of rotatable bonds is 5. The van der Waals surface area contributed by atoms with Crippen LogP contribution in [0, 0.1) is 0 Å². The first-order valence-electron chi connectivity index (χ1n) is 8.94. The van der Waals surface area contributed by atoms with Crippen molar-refractivity contribution in [2.75, 3.05) is 38.8 Å². The van der Waals surface area contributed by atoms with E-state index in [1.54, 1.807) is 6.07 Å². The maximum atomic E-state index is 13.4. The molecule has 1 atom stereocenters. The summed E-state index contributed by atoms with van der Waals surface area (Å²) in [6.07, 6.45) is 0. The van der Waals surface area contributed by atoms with Crippen LogP contribution < -0.4 is 14.4 Å². The molecule has 2 aromatic carbocycles. The van der Waals surface area contributed by atoms with Crippen molar-refractivity contribution in [1.82, 2.24) is 4.31 Å². The van der Waals surface area contributed by atoms with Gasteiger partial charge in [0.1, 0.15) is 14.9 Å². The van der Waals surface area contributed by atoms with Gasteiger partial charge in [-0.1, -0.05) is 46.4 Å². The van der Waals surface area contributed by atoms with Gasteiger partial charge in [-0.15, -0.1) is 0 Å². The number of sulfonamides is 1. The number of benzene rings is 2. The van der Waals surface area contributed by atoms with Gasteiger partial charge < -0.3 is 14.4 Å². The van der Waals surface area contributed by atoms with Crippen molar-refractivity contribution in [3.8, 4) is 11.5 Å². The second-order valence-electron chi connectivity index (χ2n) is 6.72. The number of anilines is 1. The van der Waals surface area contributed by atoms with Gasteiger partial charge in [-0.3, -0.25) is 0 Å². The average molecular weight is 514 g/mol. The van der Waals surface area contributed by atoms with Crippen LogP contribution in [0.2, 0.25) is 20.1 Å². The molecule has 3 rings (SSSR count). The number of hydrogen-bond donors (Lipinski definition) is 0. The summed E-state index contributed by atoms with van der Waals surface area (Å²) in [5, 5.41) is 0.988. The maximum Gasteiger partial charge on any atom is 0.247 e. The van der Waals surface area contributed by atoms with Crippen LogP contribution in [0.3, 0.4) is 0 Å². The summed E-state index contributed by atoms with van der Waals surface area (Å²) in [5.74, 6) is 0.490. The molecule has 1 fully saturated rings. The molecule has 0 N–H and O–H groups in total. The highest BCUT2D eigenvalue weighted by Crippen LogP contribution is 2.42. The summed E-state index contributed by atoms with van der Waals surface area (Å²) in [5.41, 5.74) is 0.753. The van der Waals surface area contributed by atoms with Crippen molar-refractivity contribution >= 4 is 62.1 Å². The highest BCUT2D eigenvalue weighted by molar-refractivity contribution is 7.89. The lowest BCUT2D eigenvalue weighted by atomic mass is 10.2. The molecule has 1 aliphatic rings. The minimum Gasteiger partial charge on any atom is -0.494 e. The molecule has 6 nitrogen and oxygen atoms in total. The molecule has 0 saturated carbocycles. The molecular formula is C19H20Cl4N2O4S. The van der Waals surface area contributed by atoms with E-state index in [4.69, 9.17) is 55.9 Å². The Bertz CT molecular complexity index is 1060. The Morgan fingerprint density at radius 3 is 2.03 bits per heavy atom. The van der Waals surface area contributed by atoms with Crippen molar-refractivity contribution < 1.29 is 17.9 Å². The number of ether oxygens (including phenoxy) is 2. The quantitative estimate of drug-likeness (QED) is 0.548. The van der Waals surface area contributed by atoms with Crippen molar-refractivity contribution in [3.63, 3.8) is 0 Å². The second kappa shape index (κ2) is 9.18. The minimum absolute atomic E-state index is 0.0215. The predicted molar refractivity (Wildman–Crippen MR) is 122 cm³/mol. The molecule has 0 aromatic heterocycles. The van der Waals surface area contributed by atoms with Gasteiger partial charge in [-0.2, -0.15) is 4.31 Å². The van der Waals surface area contributed by atoms with Gasteiger partial charge in [0.05, 0.1) is 30.0 Å².